The molecule has 0 amide bonds. The van der Waals surface area contributed by atoms with Gasteiger partial charge in [-0.05, 0) is 90.6 Å². The summed E-state index contributed by atoms with van der Waals surface area (Å²) in [6.45, 7) is 16.5. The first-order valence-electron chi connectivity index (χ1n) is 11.6. The summed E-state index contributed by atoms with van der Waals surface area (Å²) < 4.78 is 31.3. The van der Waals surface area contributed by atoms with E-state index in [0.29, 0.717) is 0 Å². The van der Waals surface area contributed by atoms with Crippen LogP contribution in [-0.4, -0.2) is 43.7 Å². The Hall–Kier alpha value is -1.99. The van der Waals surface area contributed by atoms with Gasteiger partial charge in [0.1, 0.15) is 0 Å². The Morgan fingerprint density at radius 3 is 1.24 bits per heavy atom. The van der Waals surface area contributed by atoms with Crippen molar-refractivity contribution in [1.82, 2.24) is 0 Å². The summed E-state index contributed by atoms with van der Waals surface area (Å²) in [4.78, 5) is 2.14. The monoisotopic (exact) mass is 449 g/mol. The van der Waals surface area contributed by atoms with E-state index in [0.717, 1.165) is 33.8 Å². The number of hydrogen-bond donors (Lipinski definition) is 0. The van der Waals surface area contributed by atoms with E-state index >= 15 is 0 Å². The van der Waals surface area contributed by atoms with Gasteiger partial charge in [0.05, 0.1) is 33.8 Å². The SMILES string of the molecule is CN1c2cc(B3OC(C)(C)C(C)(C)O3)ccc2Oc2ccc(B3OC(C)(C)C(C)(C)O3)cc21. The fourth-order valence-electron chi connectivity index (χ4n) is 4.27. The highest BCUT2D eigenvalue weighted by molar-refractivity contribution is 6.62. The second kappa shape index (κ2) is 7.01. The molecule has 0 spiro atoms. The average Bonchev–Trinajstić information content (AvgIpc) is 3.07. The van der Waals surface area contributed by atoms with Crippen molar-refractivity contribution >= 4 is 36.5 Å². The molecule has 174 valence electrons. The molecule has 3 aliphatic heterocycles. The van der Waals surface area contributed by atoms with Gasteiger partial charge in [0.25, 0.3) is 0 Å². The van der Waals surface area contributed by atoms with E-state index in [4.69, 9.17) is 23.4 Å². The first-order valence-corrected chi connectivity index (χ1v) is 11.6. The molecule has 3 aliphatic rings. The zero-order chi connectivity index (χ0) is 24.0. The lowest BCUT2D eigenvalue weighted by Gasteiger charge is -2.32. The van der Waals surface area contributed by atoms with Crippen LogP contribution in [0.2, 0.25) is 0 Å². The van der Waals surface area contributed by atoms with Gasteiger partial charge in [0.2, 0.25) is 0 Å². The Balaban J connectivity index is 1.45. The van der Waals surface area contributed by atoms with E-state index in [1.54, 1.807) is 0 Å². The van der Waals surface area contributed by atoms with E-state index < -0.39 is 14.2 Å². The lowest BCUT2D eigenvalue weighted by atomic mass is 9.78. The maximum absolute atomic E-state index is 6.26. The molecule has 0 unspecified atom stereocenters. The molecular weight excluding hydrogens is 416 g/mol. The maximum atomic E-state index is 6.26. The molecule has 8 heteroatoms. The Kier molecular flexibility index (Phi) is 4.84. The van der Waals surface area contributed by atoms with Gasteiger partial charge in [0, 0.05) is 7.05 Å². The second-order valence-corrected chi connectivity index (χ2v) is 11.3. The molecular formula is C25H33B2NO5. The minimum absolute atomic E-state index is 0.389. The van der Waals surface area contributed by atoms with Crippen molar-refractivity contribution in [2.45, 2.75) is 77.8 Å². The van der Waals surface area contributed by atoms with E-state index in [-0.39, 0.29) is 22.4 Å². The molecule has 3 heterocycles. The summed E-state index contributed by atoms with van der Waals surface area (Å²) in [5, 5.41) is 0. The molecule has 0 atom stereocenters. The molecule has 0 aliphatic carbocycles. The molecule has 0 N–H and O–H groups in total. The van der Waals surface area contributed by atoms with Gasteiger partial charge in [-0.1, -0.05) is 12.1 Å². The van der Waals surface area contributed by atoms with Crippen LogP contribution >= 0.6 is 0 Å². The lowest BCUT2D eigenvalue weighted by molar-refractivity contribution is 0.00578. The lowest BCUT2D eigenvalue weighted by Crippen LogP contribution is -2.41. The third-order valence-electron chi connectivity index (χ3n) is 7.96. The van der Waals surface area contributed by atoms with Gasteiger partial charge >= 0.3 is 14.2 Å². The third kappa shape index (κ3) is 3.50. The van der Waals surface area contributed by atoms with E-state index in [1.807, 2.05) is 31.3 Å². The van der Waals surface area contributed by atoms with Crippen LogP contribution in [0.25, 0.3) is 0 Å². The van der Waals surface area contributed by atoms with Crippen LogP contribution in [0.15, 0.2) is 36.4 Å². The van der Waals surface area contributed by atoms with Crippen molar-refractivity contribution in [3.63, 3.8) is 0 Å². The summed E-state index contributed by atoms with van der Waals surface area (Å²) in [5.74, 6) is 1.60. The van der Waals surface area contributed by atoms with Gasteiger partial charge in [-0.3, -0.25) is 0 Å². The van der Waals surface area contributed by atoms with Crippen molar-refractivity contribution in [2.75, 3.05) is 11.9 Å². The summed E-state index contributed by atoms with van der Waals surface area (Å²) in [5.41, 5.74) is 2.30. The zero-order valence-electron chi connectivity index (χ0n) is 21.1. The number of rotatable bonds is 2. The Labute approximate surface area is 197 Å². The third-order valence-corrected chi connectivity index (χ3v) is 7.96. The van der Waals surface area contributed by atoms with E-state index in [1.165, 1.54) is 0 Å². The predicted octanol–water partition coefficient (Wildman–Crippen LogP) is 4.16. The summed E-state index contributed by atoms with van der Waals surface area (Å²) in [6.07, 6.45) is 0. The van der Waals surface area contributed by atoms with Crippen molar-refractivity contribution in [1.29, 1.82) is 0 Å². The molecule has 6 nitrogen and oxygen atoms in total. The zero-order valence-corrected chi connectivity index (χ0v) is 21.1. The first-order chi connectivity index (χ1) is 15.2. The smallest absolute Gasteiger partial charge is 0.453 e. The molecule has 0 saturated carbocycles. The van der Waals surface area contributed by atoms with Gasteiger partial charge in [0.15, 0.2) is 11.5 Å². The van der Waals surface area contributed by atoms with Crippen molar-refractivity contribution in [2.24, 2.45) is 0 Å². The fraction of sp³-hybridized carbons (Fsp3) is 0.520. The molecule has 2 aromatic rings. The van der Waals surface area contributed by atoms with Crippen molar-refractivity contribution in [3.8, 4) is 11.5 Å². The molecule has 33 heavy (non-hydrogen) atoms. The highest BCUT2D eigenvalue weighted by Crippen LogP contribution is 2.46. The molecule has 2 aromatic carbocycles. The van der Waals surface area contributed by atoms with Crippen molar-refractivity contribution < 1.29 is 23.4 Å². The van der Waals surface area contributed by atoms with Crippen LogP contribution in [0.5, 0.6) is 11.5 Å². The molecule has 5 rings (SSSR count). The van der Waals surface area contributed by atoms with Crippen LogP contribution in [0.4, 0.5) is 11.4 Å². The van der Waals surface area contributed by atoms with Gasteiger partial charge < -0.3 is 28.3 Å². The fourth-order valence-corrected chi connectivity index (χ4v) is 4.27. The summed E-state index contributed by atoms with van der Waals surface area (Å²) in [7, 11) is 1.19. The topological polar surface area (TPSA) is 49.4 Å². The van der Waals surface area contributed by atoms with Crippen LogP contribution in [0, 0.1) is 0 Å². The van der Waals surface area contributed by atoms with E-state index in [2.05, 4.69) is 72.4 Å². The Bertz CT molecular complexity index is 996. The number of fused-ring (bicyclic) bond motifs is 2. The number of benzene rings is 2. The van der Waals surface area contributed by atoms with E-state index in [9.17, 15) is 0 Å². The van der Waals surface area contributed by atoms with Crippen molar-refractivity contribution in [3.05, 3.63) is 36.4 Å². The molecule has 0 aromatic heterocycles. The van der Waals surface area contributed by atoms with Crippen LogP contribution in [0.1, 0.15) is 55.4 Å². The molecule has 2 saturated heterocycles. The van der Waals surface area contributed by atoms with Crippen LogP contribution in [0.3, 0.4) is 0 Å². The minimum Gasteiger partial charge on any atom is -0.453 e. The summed E-state index contributed by atoms with van der Waals surface area (Å²) >= 11 is 0. The Morgan fingerprint density at radius 1 is 0.576 bits per heavy atom. The highest BCUT2D eigenvalue weighted by atomic mass is 16.7. The van der Waals surface area contributed by atoms with Gasteiger partial charge in [-0.15, -0.1) is 0 Å². The molecule has 0 bridgehead atoms. The highest BCUT2D eigenvalue weighted by Gasteiger charge is 2.53. The van der Waals surface area contributed by atoms with Gasteiger partial charge in [-0.2, -0.15) is 0 Å². The van der Waals surface area contributed by atoms with Gasteiger partial charge in [-0.25, -0.2) is 0 Å². The average molecular weight is 449 g/mol. The number of hydrogen-bond acceptors (Lipinski definition) is 6. The normalized spacial score (nSPS) is 23.8. The van der Waals surface area contributed by atoms with Crippen LogP contribution in [-0.2, 0) is 18.6 Å². The first kappa shape index (κ1) is 22.8. The quantitative estimate of drug-likeness (QED) is 0.643. The molecule has 0 radical (unpaired) electrons. The standard InChI is InChI=1S/C25H33B2NO5/c1-22(2)23(3,4)31-26(30-22)16-10-12-20-18(14-16)28(9)19-15-17(11-13-21(19)29-20)27-32-24(5,6)25(7,8)33-27/h10-15H,1-9H3. The summed E-state index contributed by atoms with van der Waals surface area (Å²) in [6, 6.07) is 12.2. The number of anilines is 2. The number of nitrogens with zero attached hydrogens (tertiary/aromatic N) is 1. The second-order valence-electron chi connectivity index (χ2n) is 11.3. The molecule has 2 fully saturated rings. The van der Waals surface area contributed by atoms with Crippen LogP contribution < -0.4 is 20.6 Å². The maximum Gasteiger partial charge on any atom is 0.494 e. The minimum atomic E-state index is -0.425. The Morgan fingerprint density at radius 2 is 0.909 bits per heavy atom. The number of ether oxygens (including phenoxy) is 1. The largest absolute Gasteiger partial charge is 0.494 e. The predicted molar refractivity (Wildman–Crippen MR) is 132 cm³/mol.